The molecule has 1 saturated carbocycles. The van der Waals surface area contributed by atoms with Gasteiger partial charge in [0.1, 0.15) is 5.00 Å². The maximum Gasteiger partial charge on any atom is 0.254 e. The molecule has 0 aromatic carbocycles. The van der Waals surface area contributed by atoms with Crippen molar-refractivity contribution in [1.29, 1.82) is 5.41 Å². The largest absolute Gasteiger partial charge is 0.363 e. The van der Waals surface area contributed by atoms with Crippen molar-refractivity contribution in [2.45, 2.75) is 57.9 Å². The van der Waals surface area contributed by atoms with E-state index in [4.69, 9.17) is 5.41 Å². The molecule has 1 aromatic rings. The van der Waals surface area contributed by atoms with E-state index in [0.29, 0.717) is 17.1 Å². The maximum atomic E-state index is 12.9. The highest BCUT2D eigenvalue weighted by molar-refractivity contribution is 7.17. The van der Waals surface area contributed by atoms with Crippen LogP contribution in [0.2, 0.25) is 0 Å². The topological polar surface area (TPSA) is 85.3 Å². The first-order valence-corrected chi connectivity index (χ1v) is 10.3. The van der Waals surface area contributed by atoms with Crippen LogP contribution in [0.5, 0.6) is 0 Å². The molecule has 1 fully saturated rings. The molecule has 0 aliphatic heterocycles. The normalized spacial score (nSPS) is 18.8. The molecule has 2 amide bonds. The second-order valence-electron chi connectivity index (χ2n) is 7.27. The van der Waals surface area contributed by atoms with Crippen molar-refractivity contribution in [1.82, 2.24) is 10.2 Å². The molecule has 7 heteroatoms. The van der Waals surface area contributed by atoms with Gasteiger partial charge in [-0.05, 0) is 44.1 Å². The summed E-state index contributed by atoms with van der Waals surface area (Å²) in [5.74, 6) is 0.0708. The van der Waals surface area contributed by atoms with Gasteiger partial charge in [-0.25, -0.2) is 0 Å². The van der Waals surface area contributed by atoms with Gasteiger partial charge < -0.3 is 15.5 Å². The summed E-state index contributed by atoms with van der Waals surface area (Å²) in [7, 11) is 1.91. The Labute approximate surface area is 158 Å². The van der Waals surface area contributed by atoms with Crippen LogP contribution in [0.25, 0.3) is 0 Å². The minimum atomic E-state index is -0.0831. The first-order valence-electron chi connectivity index (χ1n) is 9.51. The third-order valence-corrected chi connectivity index (χ3v) is 6.45. The van der Waals surface area contributed by atoms with E-state index in [0.717, 1.165) is 50.5 Å². The van der Waals surface area contributed by atoms with Crippen LogP contribution in [0.4, 0.5) is 5.00 Å². The minimum absolute atomic E-state index is 0.0411. The van der Waals surface area contributed by atoms with Gasteiger partial charge in [0, 0.05) is 30.4 Å². The van der Waals surface area contributed by atoms with E-state index < -0.39 is 0 Å². The van der Waals surface area contributed by atoms with Crippen molar-refractivity contribution in [3.05, 3.63) is 16.0 Å². The van der Waals surface area contributed by atoms with Crippen molar-refractivity contribution in [2.24, 2.45) is 5.92 Å². The zero-order chi connectivity index (χ0) is 18.7. The van der Waals surface area contributed by atoms with Crippen LogP contribution in [0.1, 0.15) is 59.8 Å². The van der Waals surface area contributed by atoms with E-state index in [1.165, 1.54) is 11.2 Å². The first-order chi connectivity index (χ1) is 12.5. The molecule has 3 N–H and O–H groups in total. The number of fused-ring (bicyclic) bond motifs is 1. The Balaban J connectivity index is 1.86. The molecule has 26 heavy (non-hydrogen) atoms. The average Bonchev–Trinajstić information content (AvgIpc) is 3.42. The molecule has 1 aromatic heterocycles. The fourth-order valence-corrected chi connectivity index (χ4v) is 4.62. The predicted molar refractivity (Wildman–Crippen MR) is 105 cm³/mol. The van der Waals surface area contributed by atoms with Gasteiger partial charge in [-0.3, -0.25) is 15.0 Å². The van der Waals surface area contributed by atoms with Crippen LogP contribution in [-0.2, 0) is 17.6 Å². The summed E-state index contributed by atoms with van der Waals surface area (Å²) in [4.78, 5) is 28.2. The van der Waals surface area contributed by atoms with Gasteiger partial charge in [-0.2, -0.15) is 0 Å². The number of hydrogen-bond acceptors (Lipinski definition) is 4. The molecule has 0 bridgehead atoms. The number of carbonyl (C=O) groups excluding carboxylic acids is 2. The third kappa shape index (κ3) is 4.09. The van der Waals surface area contributed by atoms with Gasteiger partial charge in [0.2, 0.25) is 5.91 Å². The molecule has 3 rings (SSSR count). The quantitative estimate of drug-likeness (QED) is 0.370. The third-order valence-electron chi connectivity index (χ3n) is 5.24. The number of thiophene rings is 1. The second kappa shape index (κ2) is 8.20. The van der Waals surface area contributed by atoms with Crippen molar-refractivity contribution < 1.29 is 9.59 Å². The molecule has 6 nitrogen and oxygen atoms in total. The number of carbonyl (C=O) groups is 2. The highest BCUT2D eigenvalue weighted by Gasteiger charge is 2.34. The average molecular weight is 377 g/mol. The summed E-state index contributed by atoms with van der Waals surface area (Å²) < 4.78 is 0. The Hall–Kier alpha value is -1.89. The lowest BCUT2D eigenvalue weighted by Crippen LogP contribution is -2.36. The fraction of sp³-hybridized carbons (Fsp3) is 0.632. The van der Waals surface area contributed by atoms with Crippen LogP contribution in [0, 0.1) is 11.3 Å². The van der Waals surface area contributed by atoms with Crippen molar-refractivity contribution in [2.75, 3.05) is 18.9 Å². The number of unbranched alkanes of at least 4 members (excludes halogenated alkanes) is 1. The second-order valence-corrected chi connectivity index (χ2v) is 8.38. The Bertz CT molecular complexity index is 696. The van der Waals surface area contributed by atoms with E-state index in [-0.39, 0.29) is 23.8 Å². The zero-order valence-corrected chi connectivity index (χ0v) is 16.4. The Morgan fingerprint density at radius 1 is 1.35 bits per heavy atom. The van der Waals surface area contributed by atoms with E-state index in [2.05, 4.69) is 17.6 Å². The van der Waals surface area contributed by atoms with Crippen LogP contribution in [-0.4, -0.2) is 42.7 Å². The molecule has 0 spiro atoms. The summed E-state index contributed by atoms with van der Waals surface area (Å²) in [6.07, 6.45) is 7.80. The number of aryl methyl sites for hydroxylation is 1. The highest BCUT2D eigenvalue weighted by atomic mass is 32.1. The predicted octanol–water partition coefficient (Wildman–Crippen LogP) is 3.02. The molecule has 0 radical (unpaired) electrons. The van der Waals surface area contributed by atoms with Crippen LogP contribution >= 0.6 is 11.3 Å². The zero-order valence-electron chi connectivity index (χ0n) is 15.6. The Kier molecular flexibility index (Phi) is 5.96. The van der Waals surface area contributed by atoms with Crippen LogP contribution in [0.15, 0.2) is 0 Å². The number of hydrogen-bond donors (Lipinski definition) is 3. The van der Waals surface area contributed by atoms with Gasteiger partial charge in [0.15, 0.2) is 0 Å². The lowest BCUT2D eigenvalue weighted by Gasteiger charge is -2.29. The van der Waals surface area contributed by atoms with Crippen LogP contribution < -0.4 is 10.6 Å². The van der Waals surface area contributed by atoms with Gasteiger partial charge in [0.25, 0.3) is 5.91 Å². The molecule has 1 heterocycles. The van der Waals surface area contributed by atoms with Gasteiger partial charge in [0.05, 0.1) is 11.9 Å². The summed E-state index contributed by atoms with van der Waals surface area (Å²) >= 11 is 1.56. The molecular weight excluding hydrogens is 348 g/mol. The van der Waals surface area contributed by atoms with E-state index in [9.17, 15) is 9.59 Å². The highest BCUT2D eigenvalue weighted by Crippen LogP contribution is 2.40. The summed E-state index contributed by atoms with van der Waals surface area (Å²) in [6, 6.07) is 0.226. The lowest BCUT2D eigenvalue weighted by atomic mass is 9.90. The Morgan fingerprint density at radius 3 is 2.77 bits per heavy atom. The van der Waals surface area contributed by atoms with E-state index >= 15 is 0 Å². The summed E-state index contributed by atoms with van der Waals surface area (Å²) in [6.45, 7) is 2.75. The van der Waals surface area contributed by atoms with Gasteiger partial charge in [-0.15, -0.1) is 11.3 Å². The number of nitrogens with zero attached hydrogens (tertiary/aromatic N) is 1. The van der Waals surface area contributed by atoms with E-state index in [1.807, 2.05) is 11.9 Å². The van der Waals surface area contributed by atoms with Gasteiger partial charge in [-0.1, -0.05) is 13.3 Å². The molecule has 142 valence electrons. The molecular formula is C19H28N4O2S. The van der Waals surface area contributed by atoms with Gasteiger partial charge >= 0.3 is 0 Å². The van der Waals surface area contributed by atoms with Crippen molar-refractivity contribution >= 4 is 34.5 Å². The number of amides is 2. The fourth-order valence-electron chi connectivity index (χ4n) is 3.37. The number of rotatable bonds is 8. The lowest BCUT2D eigenvalue weighted by molar-refractivity contribution is -0.117. The monoisotopic (exact) mass is 376 g/mol. The van der Waals surface area contributed by atoms with E-state index in [1.54, 1.807) is 11.3 Å². The molecule has 1 atom stereocenters. The van der Waals surface area contributed by atoms with Crippen LogP contribution in [0.3, 0.4) is 0 Å². The van der Waals surface area contributed by atoms with Crippen molar-refractivity contribution in [3.8, 4) is 0 Å². The summed E-state index contributed by atoms with van der Waals surface area (Å²) in [5.41, 5.74) is 1.71. The number of nitrogens with one attached hydrogen (secondary N) is 3. The molecule has 2 aliphatic carbocycles. The SMILES string of the molecule is CCCCNC(=O)c1c(NC(=O)C2CC2)sc2c1CC(N(C)C=N)CC2. The van der Waals surface area contributed by atoms with Crippen molar-refractivity contribution in [3.63, 3.8) is 0 Å². The minimum Gasteiger partial charge on any atom is -0.363 e. The molecule has 2 aliphatic rings. The number of anilines is 1. The maximum absolute atomic E-state index is 12.9. The Morgan fingerprint density at radius 2 is 2.12 bits per heavy atom. The molecule has 0 saturated heterocycles. The first kappa shape index (κ1) is 18.9. The number of likely N-dealkylation sites (N-methyl/N-ethyl adjacent to an activating group) is 1. The standard InChI is InChI=1S/C19H28N4O2S/c1-3-4-9-21-18(25)16-14-10-13(23(2)11-20)7-8-15(14)26-19(16)22-17(24)12-5-6-12/h11-13,20H,3-10H2,1-2H3,(H,21,25)(H,22,24). The summed E-state index contributed by atoms with van der Waals surface area (Å²) in [5, 5.41) is 14.2. The smallest absolute Gasteiger partial charge is 0.254 e. The molecule has 1 unspecified atom stereocenters.